The Labute approximate surface area is 71.6 Å². The highest BCUT2D eigenvalue weighted by molar-refractivity contribution is 5.20. The van der Waals surface area contributed by atoms with E-state index in [1.807, 2.05) is 6.20 Å². The predicted octanol–water partition coefficient (Wildman–Crippen LogP) is 0.806. The van der Waals surface area contributed by atoms with Crippen LogP contribution in [0.1, 0.15) is 31.0 Å². The SMILES string of the molecule is Nc1ncc(C2CCCCN2)[nH]1. The summed E-state index contributed by atoms with van der Waals surface area (Å²) in [5.41, 5.74) is 6.61. The molecule has 1 aliphatic rings. The molecule has 2 rings (SSSR count). The van der Waals surface area contributed by atoms with Crippen LogP contribution in [-0.4, -0.2) is 16.5 Å². The highest BCUT2D eigenvalue weighted by Gasteiger charge is 2.15. The predicted molar refractivity (Wildman–Crippen MR) is 47.6 cm³/mol. The van der Waals surface area contributed by atoms with Crippen LogP contribution in [0.2, 0.25) is 0 Å². The van der Waals surface area contributed by atoms with Crippen LogP contribution in [0.4, 0.5) is 5.95 Å². The van der Waals surface area contributed by atoms with E-state index in [1.165, 1.54) is 19.3 Å². The van der Waals surface area contributed by atoms with Gasteiger partial charge in [0.2, 0.25) is 0 Å². The van der Waals surface area contributed by atoms with Crippen molar-refractivity contribution in [1.82, 2.24) is 15.3 Å². The molecule has 1 fully saturated rings. The fraction of sp³-hybridized carbons (Fsp3) is 0.625. The summed E-state index contributed by atoms with van der Waals surface area (Å²) in [5, 5.41) is 3.42. The Kier molecular flexibility index (Phi) is 1.99. The summed E-state index contributed by atoms with van der Waals surface area (Å²) in [6, 6.07) is 0.434. The monoisotopic (exact) mass is 166 g/mol. The largest absolute Gasteiger partial charge is 0.369 e. The second-order valence-electron chi connectivity index (χ2n) is 3.23. The lowest BCUT2D eigenvalue weighted by atomic mass is 10.0. The Morgan fingerprint density at radius 2 is 2.42 bits per heavy atom. The van der Waals surface area contributed by atoms with Crippen LogP contribution in [0, 0.1) is 0 Å². The zero-order valence-corrected chi connectivity index (χ0v) is 7.01. The van der Waals surface area contributed by atoms with E-state index >= 15 is 0 Å². The van der Waals surface area contributed by atoms with Crippen molar-refractivity contribution in [1.29, 1.82) is 0 Å². The third kappa shape index (κ3) is 1.43. The number of nitrogens with zero attached hydrogens (tertiary/aromatic N) is 1. The number of rotatable bonds is 1. The molecule has 4 heteroatoms. The van der Waals surface area contributed by atoms with Gasteiger partial charge in [-0.15, -0.1) is 0 Å². The average Bonchev–Trinajstić information content (AvgIpc) is 2.54. The first kappa shape index (κ1) is 7.61. The third-order valence-electron chi connectivity index (χ3n) is 2.30. The first-order valence-corrected chi connectivity index (χ1v) is 4.40. The number of H-pyrrole nitrogens is 1. The molecular formula is C8H14N4. The first-order valence-electron chi connectivity index (χ1n) is 4.40. The summed E-state index contributed by atoms with van der Waals surface area (Å²) in [6.45, 7) is 1.10. The fourth-order valence-electron chi connectivity index (χ4n) is 1.65. The van der Waals surface area contributed by atoms with E-state index in [0.29, 0.717) is 12.0 Å². The van der Waals surface area contributed by atoms with Gasteiger partial charge in [-0.1, -0.05) is 6.42 Å². The summed E-state index contributed by atoms with van der Waals surface area (Å²) in [4.78, 5) is 7.02. The van der Waals surface area contributed by atoms with Crippen LogP contribution in [0.25, 0.3) is 0 Å². The molecule has 0 amide bonds. The lowest BCUT2D eigenvalue weighted by Crippen LogP contribution is -2.26. The topological polar surface area (TPSA) is 66.7 Å². The van der Waals surface area contributed by atoms with Gasteiger partial charge in [0.1, 0.15) is 0 Å². The fourth-order valence-corrected chi connectivity index (χ4v) is 1.65. The molecule has 1 atom stereocenters. The lowest BCUT2D eigenvalue weighted by molar-refractivity contribution is 0.406. The normalized spacial score (nSPS) is 24.2. The van der Waals surface area contributed by atoms with Crippen molar-refractivity contribution in [2.45, 2.75) is 25.3 Å². The van der Waals surface area contributed by atoms with Crippen molar-refractivity contribution in [3.63, 3.8) is 0 Å². The molecule has 2 heterocycles. The van der Waals surface area contributed by atoms with Gasteiger partial charge in [0, 0.05) is 6.04 Å². The number of imidazole rings is 1. The molecule has 66 valence electrons. The van der Waals surface area contributed by atoms with Crippen LogP contribution in [0.3, 0.4) is 0 Å². The average molecular weight is 166 g/mol. The van der Waals surface area contributed by atoms with Gasteiger partial charge in [-0.25, -0.2) is 4.98 Å². The standard InChI is InChI=1S/C8H14N4/c9-8-11-5-7(12-8)6-3-1-2-4-10-6/h5-6,10H,1-4H2,(H3,9,11,12). The minimum Gasteiger partial charge on any atom is -0.369 e. The number of nitrogens with two attached hydrogens (primary N) is 1. The number of anilines is 1. The van der Waals surface area contributed by atoms with Crippen molar-refractivity contribution in [3.8, 4) is 0 Å². The molecule has 0 spiro atoms. The molecule has 1 aromatic rings. The summed E-state index contributed by atoms with van der Waals surface area (Å²) >= 11 is 0. The quantitative estimate of drug-likeness (QED) is 0.578. The Hall–Kier alpha value is -1.03. The Morgan fingerprint density at radius 1 is 1.50 bits per heavy atom. The van der Waals surface area contributed by atoms with Gasteiger partial charge in [0.25, 0.3) is 0 Å². The smallest absolute Gasteiger partial charge is 0.197 e. The second-order valence-corrected chi connectivity index (χ2v) is 3.23. The zero-order chi connectivity index (χ0) is 8.39. The second kappa shape index (κ2) is 3.15. The molecule has 12 heavy (non-hydrogen) atoms. The minimum atomic E-state index is 0.434. The molecule has 4 nitrogen and oxygen atoms in total. The maximum absolute atomic E-state index is 5.49. The van der Waals surface area contributed by atoms with Gasteiger partial charge in [0.15, 0.2) is 5.95 Å². The Bertz CT molecular complexity index is 249. The molecule has 1 aromatic heterocycles. The molecule has 0 radical (unpaired) electrons. The number of hydrogen-bond donors (Lipinski definition) is 3. The van der Waals surface area contributed by atoms with Gasteiger partial charge in [-0.3, -0.25) is 0 Å². The van der Waals surface area contributed by atoms with Gasteiger partial charge in [-0.2, -0.15) is 0 Å². The first-order chi connectivity index (χ1) is 5.86. The Morgan fingerprint density at radius 3 is 3.00 bits per heavy atom. The van der Waals surface area contributed by atoms with E-state index < -0.39 is 0 Å². The maximum atomic E-state index is 5.49. The summed E-state index contributed by atoms with van der Waals surface area (Å²) in [5.74, 6) is 0.511. The van der Waals surface area contributed by atoms with E-state index in [9.17, 15) is 0 Å². The van der Waals surface area contributed by atoms with Crippen molar-refractivity contribution in [3.05, 3.63) is 11.9 Å². The number of piperidine rings is 1. The summed E-state index contributed by atoms with van der Waals surface area (Å²) in [7, 11) is 0. The van der Waals surface area contributed by atoms with E-state index in [-0.39, 0.29) is 0 Å². The van der Waals surface area contributed by atoms with Crippen LogP contribution in [0.5, 0.6) is 0 Å². The van der Waals surface area contributed by atoms with Gasteiger partial charge in [0.05, 0.1) is 11.9 Å². The molecule has 4 N–H and O–H groups in total. The van der Waals surface area contributed by atoms with Gasteiger partial charge in [-0.05, 0) is 19.4 Å². The number of aromatic amines is 1. The molecule has 0 aromatic carbocycles. The van der Waals surface area contributed by atoms with E-state index in [0.717, 1.165) is 12.2 Å². The molecule has 0 aliphatic carbocycles. The number of aromatic nitrogens is 2. The zero-order valence-electron chi connectivity index (χ0n) is 7.01. The lowest BCUT2D eigenvalue weighted by Gasteiger charge is -2.21. The van der Waals surface area contributed by atoms with Gasteiger partial charge >= 0.3 is 0 Å². The van der Waals surface area contributed by atoms with E-state index in [1.54, 1.807) is 0 Å². The van der Waals surface area contributed by atoms with Crippen LogP contribution in [-0.2, 0) is 0 Å². The summed E-state index contributed by atoms with van der Waals surface area (Å²) < 4.78 is 0. The Balaban J connectivity index is 2.08. The van der Waals surface area contributed by atoms with E-state index in [4.69, 9.17) is 5.73 Å². The van der Waals surface area contributed by atoms with Crippen molar-refractivity contribution < 1.29 is 0 Å². The molecular weight excluding hydrogens is 152 g/mol. The van der Waals surface area contributed by atoms with E-state index in [2.05, 4.69) is 15.3 Å². The molecule has 0 bridgehead atoms. The highest BCUT2D eigenvalue weighted by Crippen LogP contribution is 2.21. The molecule has 0 saturated carbocycles. The minimum absolute atomic E-state index is 0.434. The van der Waals surface area contributed by atoms with Gasteiger partial charge < -0.3 is 16.0 Å². The highest BCUT2D eigenvalue weighted by atomic mass is 15.1. The number of nitrogens with one attached hydrogen (secondary N) is 2. The van der Waals surface area contributed by atoms with Crippen molar-refractivity contribution >= 4 is 5.95 Å². The van der Waals surface area contributed by atoms with Crippen molar-refractivity contribution in [2.75, 3.05) is 12.3 Å². The molecule has 1 unspecified atom stereocenters. The third-order valence-corrected chi connectivity index (χ3v) is 2.30. The number of hydrogen-bond acceptors (Lipinski definition) is 3. The summed E-state index contributed by atoms with van der Waals surface area (Å²) in [6.07, 6.45) is 5.57. The molecule has 1 saturated heterocycles. The number of nitrogen functional groups attached to an aromatic ring is 1. The van der Waals surface area contributed by atoms with Crippen molar-refractivity contribution in [2.24, 2.45) is 0 Å². The van der Waals surface area contributed by atoms with Crippen LogP contribution >= 0.6 is 0 Å². The molecule has 1 aliphatic heterocycles. The maximum Gasteiger partial charge on any atom is 0.197 e. The van der Waals surface area contributed by atoms with Crippen LogP contribution < -0.4 is 11.1 Å². The van der Waals surface area contributed by atoms with Crippen LogP contribution in [0.15, 0.2) is 6.20 Å².